The molecule has 0 unspecified atom stereocenters. The van der Waals surface area contributed by atoms with Crippen LogP contribution in [0.3, 0.4) is 0 Å². The Balaban J connectivity index is 2.44. The van der Waals surface area contributed by atoms with Gasteiger partial charge >= 0.3 is 0 Å². The van der Waals surface area contributed by atoms with Crippen molar-refractivity contribution in [3.05, 3.63) is 29.8 Å². The summed E-state index contributed by atoms with van der Waals surface area (Å²) >= 11 is 1.87. The summed E-state index contributed by atoms with van der Waals surface area (Å²) in [5.41, 5.74) is 2.04. The first-order chi connectivity index (χ1) is 9.49. The number of hydrogen-bond acceptors (Lipinski definition) is 4. The van der Waals surface area contributed by atoms with Gasteiger partial charge in [-0.25, -0.2) is 0 Å². The molecule has 0 N–H and O–H groups in total. The van der Waals surface area contributed by atoms with Crippen LogP contribution < -0.4 is 0 Å². The third kappa shape index (κ3) is 6.96. The molecule has 0 aliphatic rings. The van der Waals surface area contributed by atoms with Gasteiger partial charge in [-0.2, -0.15) is 0 Å². The Bertz CT molecular complexity index is 413. The number of benzene rings is 1. The summed E-state index contributed by atoms with van der Waals surface area (Å²) in [5, 5.41) is 4.78. The Morgan fingerprint density at radius 3 is 2.45 bits per heavy atom. The fourth-order valence-corrected chi connectivity index (χ4v) is 2.52. The average molecular weight is 294 g/mol. The normalized spacial score (nSPS) is 12.2. The second-order valence-corrected chi connectivity index (χ2v) is 7.01. The molecule has 0 saturated carbocycles. The van der Waals surface area contributed by atoms with Crippen LogP contribution in [0, 0.1) is 0 Å². The van der Waals surface area contributed by atoms with Crippen LogP contribution in [0.4, 0.5) is 0 Å². The molecule has 3 nitrogen and oxygen atoms in total. The Kier molecular flexibility index (Phi) is 7.70. The lowest BCUT2D eigenvalue weighted by atomic mass is 10.1. The largest absolute Gasteiger partial charge is 0.396 e. The molecule has 1 aromatic rings. The van der Waals surface area contributed by atoms with Crippen molar-refractivity contribution in [2.24, 2.45) is 5.16 Å². The van der Waals surface area contributed by atoms with Crippen molar-refractivity contribution in [3.8, 4) is 0 Å². The molecule has 112 valence electrons. The molecule has 0 amide bonds. The molecule has 0 spiro atoms. The number of nitrogens with zero attached hydrogens (tertiary/aromatic N) is 2. The third-order valence-corrected chi connectivity index (χ3v) is 3.70. The first-order valence-corrected chi connectivity index (χ1v) is 7.95. The van der Waals surface area contributed by atoms with Crippen LogP contribution in [-0.4, -0.2) is 43.1 Å². The summed E-state index contributed by atoms with van der Waals surface area (Å²) in [4.78, 5) is 8.79. The van der Waals surface area contributed by atoms with Gasteiger partial charge in [-0.15, -0.1) is 11.8 Å². The minimum Gasteiger partial charge on any atom is -0.396 e. The zero-order chi connectivity index (χ0) is 15.0. The second kappa shape index (κ2) is 9.03. The van der Waals surface area contributed by atoms with Crippen LogP contribution in [0.25, 0.3) is 0 Å². The minimum absolute atomic E-state index is 0.607. The van der Waals surface area contributed by atoms with E-state index < -0.39 is 0 Å². The minimum atomic E-state index is 0.607. The summed E-state index contributed by atoms with van der Waals surface area (Å²) in [7, 11) is 4.12. The van der Waals surface area contributed by atoms with E-state index >= 15 is 0 Å². The van der Waals surface area contributed by atoms with Gasteiger partial charge in [-0.1, -0.05) is 31.1 Å². The quantitative estimate of drug-likeness (QED) is 0.315. The molecule has 1 aromatic carbocycles. The summed E-state index contributed by atoms with van der Waals surface area (Å²) < 4.78 is 0. The van der Waals surface area contributed by atoms with Gasteiger partial charge in [0.2, 0.25) is 0 Å². The van der Waals surface area contributed by atoms with Gasteiger partial charge in [0.25, 0.3) is 0 Å². The fourth-order valence-electron chi connectivity index (χ4n) is 1.69. The lowest BCUT2D eigenvalue weighted by molar-refractivity contribution is 0.135. The zero-order valence-corrected chi connectivity index (χ0v) is 14.0. The van der Waals surface area contributed by atoms with E-state index in [1.54, 1.807) is 0 Å². The third-order valence-electron chi connectivity index (χ3n) is 2.69. The molecule has 0 aliphatic heterocycles. The Labute approximate surface area is 127 Å². The van der Waals surface area contributed by atoms with E-state index in [2.05, 4.69) is 62.3 Å². The van der Waals surface area contributed by atoms with Gasteiger partial charge in [0.05, 0.1) is 5.71 Å². The Morgan fingerprint density at radius 2 is 1.90 bits per heavy atom. The lowest BCUT2D eigenvalue weighted by Gasteiger charge is -2.08. The Hall–Kier alpha value is -1.00. The number of thioether (sulfide) groups is 1. The van der Waals surface area contributed by atoms with Crippen molar-refractivity contribution in [1.29, 1.82) is 0 Å². The molecular weight excluding hydrogens is 268 g/mol. The van der Waals surface area contributed by atoms with Gasteiger partial charge in [-0.05, 0) is 45.1 Å². The van der Waals surface area contributed by atoms with Crippen LogP contribution in [0.1, 0.15) is 32.8 Å². The lowest BCUT2D eigenvalue weighted by Crippen LogP contribution is -2.14. The smallest absolute Gasteiger partial charge is 0.118 e. The van der Waals surface area contributed by atoms with Gasteiger partial charge in [-0.3, -0.25) is 0 Å². The molecule has 0 heterocycles. The summed E-state index contributed by atoms with van der Waals surface area (Å²) in [5.74, 6) is 0. The Morgan fingerprint density at radius 1 is 1.25 bits per heavy atom. The number of oxime groups is 1. The first kappa shape index (κ1) is 17.1. The molecule has 4 heteroatoms. The van der Waals surface area contributed by atoms with Crippen LogP contribution in [0.15, 0.2) is 34.3 Å². The molecule has 0 aliphatic carbocycles. The van der Waals surface area contributed by atoms with Crippen molar-refractivity contribution in [2.45, 2.75) is 37.3 Å². The van der Waals surface area contributed by atoms with Gasteiger partial charge < -0.3 is 9.74 Å². The monoisotopic (exact) mass is 294 g/mol. The molecule has 0 atom stereocenters. The average Bonchev–Trinajstić information content (AvgIpc) is 2.38. The van der Waals surface area contributed by atoms with Gasteiger partial charge in [0.1, 0.15) is 6.61 Å². The first-order valence-electron chi connectivity index (χ1n) is 7.07. The summed E-state index contributed by atoms with van der Waals surface area (Å²) in [6.45, 7) is 8.07. The maximum absolute atomic E-state index is 5.35. The van der Waals surface area contributed by atoms with E-state index in [9.17, 15) is 0 Å². The summed E-state index contributed by atoms with van der Waals surface area (Å²) in [6, 6.07) is 8.50. The van der Waals surface area contributed by atoms with Crippen LogP contribution in [0.5, 0.6) is 0 Å². The second-order valence-electron chi connectivity index (χ2n) is 5.36. The van der Waals surface area contributed by atoms with Gasteiger partial charge in [0, 0.05) is 16.7 Å². The highest BCUT2D eigenvalue weighted by molar-refractivity contribution is 7.99. The van der Waals surface area contributed by atoms with E-state index in [0.29, 0.717) is 11.9 Å². The maximum atomic E-state index is 5.35. The van der Waals surface area contributed by atoms with Crippen LogP contribution in [0.2, 0.25) is 0 Å². The highest BCUT2D eigenvalue weighted by atomic mass is 32.2. The molecular formula is C16H26N2OS. The predicted molar refractivity (Wildman–Crippen MR) is 88.8 cm³/mol. The van der Waals surface area contributed by atoms with Crippen molar-refractivity contribution in [3.63, 3.8) is 0 Å². The molecule has 1 rings (SSSR count). The van der Waals surface area contributed by atoms with Crippen molar-refractivity contribution in [1.82, 2.24) is 4.90 Å². The van der Waals surface area contributed by atoms with Crippen molar-refractivity contribution < 1.29 is 4.84 Å². The van der Waals surface area contributed by atoms with Crippen LogP contribution in [-0.2, 0) is 4.84 Å². The fraction of sp³-hybridized carbons (Fsp3) is 0.562. The standard InChI is InChI=1S/C16H26N2OS/c1-13(2)20-16-9-7-15(8-10-16)14(3)17-19-12-6-11-18(4)5/h7-10,13H,6,11-12H2,1-5H3/b17-14-. The van der Waals surface area contributed by atoms with Crippen LogP contribution >= 0.6 is 11.8 Å². The number of rotatable bonds is 8. The van der Waals surface area contributed by atoms with Crippen molar-refractivity contribution in [2.75, 3.05) is 27.2 Å². The van der Waals surface area contributed by atoms with Gasteiger partial charge in [0.15, 0.2) is 0 Å². The van der Waals surface area contributed by atoms with Crippen molar-refractivity contribution >= 4 is 17.5 Å². The molecule has 0 bridgehead atoms. The predicted octanol–water partition coefficient (Wildman–Crippen LogP) is 3.88. The van der Waals surface area contributed by atoms with E-state index in [1.165, 1.54) is 4.90 Å². The highest BCUT2D eigenvalue weighted by Gasteiger charge is 2.01. The molecule has 0 fully saturated rings. The van der Waals surface area contributed by atoms with E-state index in [0.717, 1.165) is 24.2 Å². The highest BCUT2D eigenvalue weighted by Crippen LogP contribution is 2.23. The topological polar surface area (TPSA) is 24.8 Å². The maximum Gasteiger partial charge on any atom is 0.118 e. The molecule has 0 saturated heterocycles. The SMILES string of the molecule is C/C(=N/OCCCN(C)C)c1ccc(SC(C)C)cc1. The summed E-state index contributed by atoms with van der Waals surface area (Å²) in [6.07, 6.45) is 0.994. The van der Waals surface area contributed by atoms with E-state index in [4.69, 9.17) is 4.84 Å². The number of hydrogen-bond donors (Lipinski definition) is 0. The van der Waals surface area contributed by atoms with E-state index in [-0.39, 0.29) is 0 Å². The zero-order valence-electron chi connectivity index (χ0n) is 13.2. The molecule has 0 radical (unpaired) electrons. The molecule has 0 aromatic heterocycles. The van der Waals surface area contributed by atoms with E-state index in [1.807, 2.05) is 18.7 Å². The molecule has 20 heavy (non-hydrogen) atoms.